The van der Waals surface area contributed by atoms with Crippen molar-refractivity contribution in [1.29, 1.82) is 0 Å². The van der Waals surface area contributed by atoms with Crippen molar-refractivity contribution in [2.75, 3.05) is 0 Å². The maximum Gasteiger partial charge on any atom is 0.342 e. The number of aromatic carboxylic acids is 1. The van der Waals surface area contributed by atoms with E-state index in [-0.39, 0.29) is 0 Å². The summed E-state index contributed by atoms with van der Waals surface area (Å²) in [7, 11) is 0. The summed E-state index contributed by atoms with van der Waals surface area (Å²) in [6.45, 7) is 0. The van der Waals surface area contributed by atoms with Gasteiger partial charge in [-0.25, -0.2) is 9.59 Å². The lowest BCUT2D eigenvalue weighted by Crippen LogP contribution is -2.32. The molecule has 0 unspecified atom stereocenters. The highest BCUT2D eigenvalue weighted by Crippen LogP contribution is 2.22. The van der Waals surface area contributed by atoms with E-state index in [0.29, 0.717) is 5.69 Å². The van der Waals surface area contributed by atoms with E-state index in [1.807, 2.05) is 22.5 Å². The van der Waals surface area contributed by atoms with Crippen LogP contribution in [0.4, 0.5) is 0 Å². The zero-order chi connectivity index (χ0) is 14.3. The summed E-state index contributed by atoms with van der Waals surface area (Å²) in [6, 6.07) is 7.20. The van der Waals surface area contributed by atoms with Gasteiger partial charge in [0.2, 0.25) is 0 Å². The largest absolute Gasteiger partial charge is 0.477 e. The van der Waals surface area contributed by atoms with Crippen LogP contribution in [0.3, 0.4) is 0 Å². The molecule has 20 heavy (non-hydrogen) atoms. The Bertz CT molecular complexity index is 935. The fourth-order valence-corrected chi connectivity index (χ4v) is 2.69. The fourth-order valence-electron chi connectivity index (χ4n) is 1.92. The van der Waals surface area contributed by atoms with E-state index in [2.05, 4.69) is 0 Å². The molecule has 3 rings (SSSR count). The molecule has 1 aromatic carbocycles. The summed E-state index contributed by atoms with van der Waals surface area (Å²) in [5, 5.41) is 11.8. The number of thiophene rings is 1. The number of nitrogens with one attached hydrogen (secondary N) is 1. The number of H-pyrrole nitrogens is 1. The average molecular weight is 288 g/mol. The molecule has 0 amide bonds. The summed E-state index contributed by atoms with van der Waals surface area (Å²) < 4.78 is 2.17. The van der Waals surface area contributed by atoms with Gasteiger partial charge in [0.1, 0.15) is 5.56 Å². The molecule has 7 heteroatoms. The summed E-state index contributed by atoms with van der Waals surface area (Å²) in [4.78, 5) is 36.2. The normalized spacial score (nSPS) is 10.8. The molecule has 0 spiro atoms. The highest BCUT2D eigenvalue weighted by molar-refractivity contribution is 7.17. The first-order chi connectivity index (χ1) is 9.56. The molecule has 0 bridgehead atoms. The molecule has 100 valence electrons. The molecular weight excluding hydrogens is 280 g/mol. The van der Waals surface area contributed by atoms with E-state index in [4.69, 9.17) is 5.11 Å². The van der Waals surface area contributed by atoms with E-state index >= 15 is 0 Å². The molecular formula is C13H8N2O4S. The van der Waals surface area contributed by atoms with Gasteiger partial charge in [0, 0.05) is 10.9 Å². The Morgan fingerprint density at radius 3 is 2.80 bits per heavy atom. The van der Waals surface area contributed by atoms with Gasteiger partial charge in [-0.3, -0.25) is 14.3 Å². The van der Waals surface area contributed by atoms with Crippen molar-refractivity contribution < 1.29 is 9.90 Å². The minimum atomic E-state index is -1.38. The number of carboxylic acids is 1. The Balaban J connectivity index is 2.27. The number of hydrogen-bond donors (Lipinski definition) is 2. The monoisotopic (exact) mass is 288 g/mol. The predicted octanol–water partition coefficient (Wildman–Crippen LogP) is 1.44. The first-order valence-corrected chi connectivity index (χ1v) is 6.51. The molecule has 0 saturated carbocycles. The number of hydrogen-bond acceptors (Lipinski definition) is 4. The molecule has 0 aliphatic rings. The molecule has 0 saturated heterocycles. The van der Waals surface area contributed by atoms with Crippen LogP contribution in [0.2, 0.25) is 0 Å². The van der Waals surface area contributed by atoms with E-state index < -0.39 is 22.8 Å². The smallest absolute Gasteiger partial charge is 0.342 e. The van der Waals surface area contributed by atoms with E-state index in [9.17, 15) is 14.4 Å². The van der Waals surface area contributed by atoms with Gasteiger partial charge in [-0.2, -0.15) is 0 Å². The van der Waals surface area contributed by atoms with E-state index in [0.717, 1.165) is 20.9 Å². The lowest BCUT2D eigenvalue weighted by Gasteiger charge is -2.06. The summed E-state index contributed by atoms with van der Waals surface area (Å²) in [6.07, 6.45) is 1.04. The maximum atomic E-state index is 11.8. The second-order valence-electron chi connectivity index (χ2n) is 4.12. The van der Waals surface area contributed by atoms with Crippen LogP contribution in [0, 0.1) is 0 Å². The Kier molecular flexibility index (Phi) is 2.76. The minimum absolute atomic E-state index is 0.477. The van der Waals surface area contributed by atoms with Crippen LogP contribution in [-0.4, -0.2) is 20.6 Å². The molecule has 0 aliphatic carbocycles. The quantitative estimate of drug-likeness (QED) is 0.746. The van der Waals surface area contributed by atoms with Crippen LogP contribution in [0.15, 0.2) is 45.4 Å². The number of aromatic nitrogens is 2. The third-order valence-corrected chi connectivity index (χ3v) is 3.78. The molecule has 0 fully saturated rings. The van der Waals surface area contributed by atoms with Crippen molar-refractivity contribution in [1.82, 2.24) is 9.55 Å². The number of carboxylic acid groups (broad SMARTS) is 1. The van der Waals surface area contributed by atoms with Crippen LogP contribution in [0.1, 0.15) is 10.4 Å². The van der Waals surface area contributed by atoms with Crippen molar-refractivity contribution in [2.45, 2.75) is 0 Å². The van der Waals surface area contributed by atoms with E-state index in [1.54, 1.807) is 23.5 Å². The Labute approximate surface area is 115 Å². The third kappa shape index (κ3) is 1.94. The standard InChI is InChI=1S/C13H8N2O4S/c16-11-9(12(17)18)6-15(13(19)14-11)8-1-2-10-7(5-8)3-4-20-10/h1-6H,(H,17,18)(H,14,16,19). The van der Waals surface area contributed by atoms with Gasteiger partial charge < -0.3 is 5.11 Å². The fraction of sp³-hybridized carbons (Fsp3) is 0. The zero-order valence-corrected chi connectivity index (χ0v) is 10.8. The minimum Gasteiger partial charge on any atom is -0.477 e. The van der Waals surface area contributed by atoms with Crippen molar-refractivity contribution in [3.63, 3.8) is 0 Å². The molecule has 6 nitrogen and oxygen atoms in total. The summed E-state index contributed by atoms with van der Waals surface area (Å²) >= 11 is 1.57. The number of benzene rings is 1. The summed E-state index contributed by atoms with van der Waals surface area (Å²) in [5.41, 5.74) is -1.56. The SMILES string of the molecule is O=C(O)c1cn(-c2ccc3sccc3c2)c(=O)[nH]c1=O. The van der Waals surface area contributed by atoms with Gasteiger partial charge in [-0.05, 0) is 35.0 Å². The molecule has 3 aromatic rings. The third-order valence-electron chi connectivity index (χ3n) is 2.89. The molecule has 2 heterocycles. The first kappa shape index (κ1) is 12.4. The molecule has 2 N–H and O–H groups in total. The highest BCUT2D eigenvalue weighted by Gasteiger charge is 2.12. The lowest BCUT2D eigenvalue weighted by molar-refractivity contribution is 0.0694. The molecule has 0 atom stereocenters. The Morgan fingerprint density at radius 1 is 1.25 bits per heavy atom. The van der Waals surface area contributed by atoms with Gasteiger partial charge in [0.25, 0.3) is 5.56 Å². The summed E-state index contributed by atoms with van der Waals surface area (Å²) in [5.74, 6) is -1.38. The van der Waals surface area contributed by atoms with E-state index in [1.165, 1.54) is 0 Å². The maximum absolute atomic E-state index is 11.8. The number of aromatic amines is 1. The van der Waals surface area contributed by atoms with Crippen LogP contribution < -0.4 is 11.2 Å². The van der Waals surface area contributed by atoms with Gasteiger partial charge in [-0.15, -0.1) is 11.3 Å². The van der Waals surface area contributed by atoms with Crippen molar-refractivity contribution in [3.05, 3.63) is 62.2 Å². The van der Waals surface area contributed by atoms with Crippen LogP contribution in [0.5, 0.6) is 0 Å². The molecule has 0 radical (unpaired) electrons. The van der Waals surface area contributed by atoms with Crippen LogP contribution in [-0.2, 0) is 0 Å². The van der Waals surface area contributed by atoms with Gasteiger partial charge in [0.05, 0.1) is 5.69 Å². The van der Waals surface area contributed by atoms with Crippen molar-refractivity contribution in [2.24, 2.45) is 0 Å². The highest BCUT2D eigenvalue weighted by atomic mass is 32.1. The number of fused-ring (bicyclic) bond motifs is 1. The average Bonchev–Trinajstić information content (AvgIpc) is 2.85. The number of rotatable bonds is 2. The predicted molar refractivity (Wildman–Crippen MR) is 75.0 cm³/mol. The van der Waals surface area contributed by atoms with Crippen LogP contribution >= 0.6 is 11.3 Å². The zero-order valence-electron chi connectivity index (χ0n) is 9.99. The van der Waals surface area contributed by atoms with Crippen LogP contribution in [0.25, 0.3) is 15.8 Å². The second-order valence-corrected chi connectivity index (χ2v) is 5.07. The van der Waals surface area contributed by atoms with Gasteiger partial charge in [0.15, 0.2) is 0 Å². The topological polar surface area (TPSA) is 92.2 Å². The second kappa shape index (κ2) is 4.46. The Morgan fingerprint density at radius 2 is 2.05 bits per heavy atom. The first-order valence-electron chi connectivity index (χ1n) is 5.63. The Hall–Kier alpha value is -2.67. The van der Waals surface area contributed by atoms with Crippen molar-refractivity contribution >= 4 is 27.4 Å². The molecule has 0 aliphatic heterocycles. The van der Waals surface area contributed by atoms with Crippen molar-refractivity contribution in [3.8, 4) is 5.69 Å². The number of carbonyl (C=O) groups is 1. The number of nitrogens with zero attached hydrogens (tertiary/aromatic N) is 1. The van der Waals surface area contributed by atoms with Gasteiger partial charge >= 0.3 is 11.7 Å². The van der Waals surface area contributed by atoms with Gasteiger partial charge in [-0.1, -0.05) is 0 Å². The lowest BCUT2D eigenvalue weighted by atomic mass is 10.2. The molecule has 2 aromatic heterocycles.